The Morgan fingerprint density at radius 2 is 2.00 bits per heavy atom. The van der Waals surface area contributed by atoms with E-state index in [9.17, 15) is 0 Å². The standard InChI is InChI=1S/C12H14BrN/c13-8-3-4-9-10(7-1-2-7)6-12(14)11(9)5-8/h3-5,7,10,12H,1-2,6,14H2. The fourth-order valence-electron chi connectivity index (χ4n) is 2.68. The zero-order valence-electron chi connectivity index (χ0n) is 8.04. The van der Waals surface area contributed by atoms with Crippen molar-refractivity contribution in [1.29, 1.82) is 0 Å². The first-order chi connectivity index (χ1) is 6.75. The Labute approximate surface area is 92.8 Å². The molecule has 0 amide bonds. The summed E-state index contributed by atoms with van der Waals surface area (Å²) in [6.07, 6.45) is 3.98. The van der Waals surface area contributed by atoms with Crippen molar-refractivity contribution in [3.63, 3.8) is 0 Å². The monoisotopic (exact) mass is 251 g/mol. The summed E-state index contributed by atoms with van der Waals surface area (Å²) in [6.45, 7) is 0. The molecule has 3 rings (SSSR count). The zero-order valence-corrected chi connectivity index (χ0v) is 9.63. The molecule has 14 heavy (non-hydrogen) atoms. The number of rotatable bonds is 1. The van der Waals surface area contributed by atoms with Gasteiger partial charge in [0.2, 0.25) is 0 Å². The Kier molecular flexibility index (Phi) is 1.96. The van der Waals surface area contributed by atoms with Gasteiger partial charge in [-0.15, -0.1) is 0 Å². The minimum absolute atomic E-state index is 0.271. The molecule has 0 aliphatic heterocycles. The first kappa shape index (κ1) is 8.93. The number of hydrogen-bond acceptors (Lipinski definition) is 1. The average molecular weight is 252 g/mol. The van der Waals surface area contributed by atoms with Gasteiger partial charge < -0.3 is 5.73 Å². The third-order valence-corrected chi connectivity index (χ3v) is 4.04. The summed E-state index contributed by atoms with van der Waals surface area (Å²) < 4.78 is 1.16. The lowest BCUT2D eigenvalue weighted by Gasteiger charge is -2.08. The third kappa shape index (κ3) is 1.32. The van der Waals surface area contributed by atoms with Gasteiger partial charge in [0.05, 0.1) is 0 Å². The Hall–Kier alpha value is -0.340. The molecule has 2 aliphatic carbocycles. The van der Waals surface area contributed by atoms with E-state index in [2.05, 4.69) is 34.1 Å². The molecule has 1 nitrogen and oxygen atoms in total. The Balaban J connectivity index is 2.04. The van der Waals surface area contributed by atoms with E-state index in [4.69, 9.17) is 5.73 Å². The fourth-order valence-corrected chi connectivity index (χ4v) is 3.06. The van der Waals surface area contributed by atoms with Crippen molar-refractivity contribution in [2.24, 2.45) is 11.7 Å². The summed E-state index contributed by atoms with van der Waals surface area (Å²) in [6, 6.07) is 6.87. The molecule has 0 saturated heterocycles. The first-order valence-corrected chi connectivity index (χ1v) is 6.10. The summed E-state index contributed by atoms with van der Waals surface area (Å²) in [5, 5.41) is 0. The summed E-state index contributed by atoms with van der Waals surface area (Å²) in [5.74, 6) is 1.69. The molecule has 2 heteroatoms. The topological polar surface area (TPSA) is 26.0 Å². The van der Waals surface area contributed by atoms with Gasteiger partial charge in [-0.2, -0.15) is 0 Å². The number of hydrogen-bond donors (Lipinski definition) is 1. The van der Waals surface area contributed by atoms with E-state index in [1.54, 1.807) is 0 Å². The van der Waals surface area contributed by atoms with Crippen LogP contribution < -0.4 is 5.73 Å². The smallest absolute Gasteiger partial charge is 0.0304 e. The predicted molar refractivity (Wildman–Crippen MR) is 61.2 cm³/mol. The Bertz CT molecular complexity index is 371. The predicted octanol–water partition coefficient (Wildman–Crippen LogP) is 3.35. The minimum Gasteiger partial charge on any atom is -0.324 e. The van der Waals surface area contributed by atoms with E-state index in [1.807, 2.05) is 0 Å². The SMILES string of the molecule is NC1CC(C2CC2)c2ccc(Br)cc21. The van der Waals surface area contributed by atoms with E-state index in [1.165, 1.54) is 24.0 Å². The van der Waals surface area contributed by atoms with Crippen molar-refractivity contribution in [3.8, 4) is 0 Å². The lowest BCUT2D eigenvalue weighted by molar-refractivity contribution is 0.550. The highest BCUT2D eigenvalue weighted by atomic mass is 79.9. The second-order valence-corrected chi connectivity index (χ2v) is 5.48. The lowest BCUT2D eigenvalue weighted by atomic mass is 9.96. The molecule has 2 N–H and O–H groups in total. The van der Waals surface area contributed by atoms with Crippen LogP contribution in [0, 0.1) is 5.92 Å². The highest BCUT2D eigenvalue weighted by molar-refractivity contribution is 9.10. The molecule has 1 aromatic carbocycles. The van der Waals surface area contributed by atoms with Crippen molar-refractivity contribution >= 4 is 15.9 Å². The van der Waals surface area contributed by atoms with E-state index < -0.39 is 0 Å². The van der Waals surface area contributed by atoms with Crippen LogP contribution in [0.25, 0.3) is 0 Å². The number of halogens is 1. The first-order valence-electron chi connectivity index (χ1n) is 5.30. The molecule has 1 fully saturated rings. The van der Waals surface area contributed by atoms with Gasteiger partial charge in [0, 0.05) is 10.5 Å². The van der Waals surface area contributed by atoms with Gasteiger partial charge in [-0.3, -0.25) is 0 Å². The van der Waals surface area contributed by atoms with Crippen LogP contribution in [0.1, 0.15) is 42.3 Å². The molecule has 0 spiro atoms. The molecule has 0 aromatic heterocycles. The maximum atomic E-state index is 6.15. The molecular weight excluding hydrogens is 238 g/mol. The molecule has 0 radical (unpaired) electrons. The van der Waals surface area contributed by atoms with Crippen LogP contribution in [-0.2, 0) is 0 Å². The van der Waals surface area contributed by atoms with Crippen LogP contribution >= 0.6 is 15.9 Å². The van der Waals surface area contributed by atoms with Gasteiger partial charge in [0.1, 0.15) is 0 Å². The van der Waals surface area contributed by atoms with E-state index >= 15 is 0 Å². The normalized spacial score (nSPS) is 30.4. The van der Waals surface area contributed by atoms with Crippen molar-refractivity contribution in [2.45, 2.75) is 31.2 Å². The molecule has 2 unspecified atom stereocenters. The summed E-state index contributed by atoms with van der Waals surface area (Å²) in [7, 11) is 0. The summed E-state index contributed by atoms with van der Waals surface area (Å²) >= 11 is 3.51. The molecular formula is C12H14BrN. The van der Waals surface area contributed by atoms with Crippen LogP contribution in [0.2, 0.25) is 0 Å². The average Bonchev–Trinajstić information content (AvgIpc) is 2.94. The Morgan fingerprint density at radius 3 is 2.71 bits per heavy atom. The van der Waals surface area contributed by atoms with Crippen molar-refractivity contribution in [2.75, 3.05) is 0 Å². The molecule has 2 atom stereocenters. The molecule has 0 heterocycles. The van der Waals surface area contributed by atoms with Crippen molar-refractivity contribution < 1.29 is 0 Å². The highest BCUT2D eigenvalue weighted by Gasteiger charge is 2.39. The summed E-state index contributed by atoms with van der Waals surface area (Å²) in [4.78, 5) is 0. The molecule has 0 bridgehead atoms. The zero-order chi connectivity index (χ0) is 9.71. The second-order valence-electron chi connectivity index (χ2n) is 4.56. The lowest BCUT2D eigenvalue weighted by Crippen LogP contribution is -2.05. The van der Waals surface area contributed by atoms with Gasteiger partial charge in [0.25, 0.3) is 0 Å². The quantitative estimate of drug-likeness (QED) is 0.814. The molecule has 1 saturated carbocycles. The van der Waals surface area contributed by atoms with E-state index in [0.29, 0.717) is 0 Å². The fraction of sp³-hybridized carbons (Fsp3) is 0.500. The summed E-state index contributed by atoms with van der Waals surface area (Å²) in [5.41, 5.74) is 9.04. The van der Waals surface area contributed by atoms with E-state index in [-0.39, 0.29) is 6.04 Å². The molecule has 1 aromatic rings. The third-order valence-electron chi connectivity index (χ3n) is 3.55. The van der Waals surface area contributed by atoms with E-state index in [0.717, 1.165) is 22.7 Å². The van der Waals surface area contributed by atoms with Crippen molar-refractivity contribution in [1.82, 2.24) is 0 Å². The van der Waals surface area contributed by atoms with Crippen molar-refractivity contribution in [3.05, 3.63) is 33.8 Å². The van der Waals surface area contributed by atoms with Gasteiger partial charge in [-0.1, -0.05) is 22.0 Å². The minimum atomic E-state index is 0.271. The number of fused-ring (bicyclic) bond motifs is 1. The van der Waals surface area contributed by atoms with Crippen LogP contribution in [0.4, 0.5) is 0 Å². The largest absolute Gasteiger partial charge is 0.324 e. The highest BCUT2D eigenvalue weighted by Crippen LogP contribution is 2.52. The molecule has 74 valence electrons. The molecule has 2 aliphatic rings. The van der Waals surface area contributed by atoms with Crippen LogP contribution in [-0.4, -0.2) is 0 Å². The number of benzene rings is 1. The van der Waals surface area contributed by atoms with Gasteiger partial charge in [-0.25, -0.2) is 0 Å². The van der Waals surface area contributed by atoms with Gasteiger partial charge in [-0.05, 0) is 54.4 Å². The van der Waals surface area contributed by atoms with Crippen LogP contribution in [0.3, 0.4) is 0 Å². The maximum Gasteiger partial charge on any atom is 0.0304 e. The maximum absolute atomic E-state index is 6.15. The second kappa shape index (κ2) is 3.07. The van der Waals surface area contributed by atoms with Gasteiger partial charge in [0.15, 0.2) is 0 Å². The number of nitrogens with two attached hydrogens (primary N) is 1. The van der Waals surface area contributed by atoms with Crippen LogP contribution in [0.15, 0.2) is 22.7 Å². The Morgan fingerprint density at radius 1 is 1.21 bits per heavy atom. The van der Waals surface area contributed by atoms with Crippen LogP contribution in [0.5, 0.6) is 0 Å². The van der Waals surface area contributed by atoms with Gasteiger partial charge >= 0.3 is 0 Å².